The van der Waals surface area contributed by atoms with Gasteiger partial charge in [-0.15, -0.1) is 0 Å². The monoisotopic (exact) mass is 576 g/mol. The summed E-state index contributed by atoms with van der Waals surface area (Å²) < 4.78 is 15.4. The van der Waals surface area contributed by atoms with Gasteiger partial charge in [0.15, 0.2) is 0 Å². The first-order valence-corrected chi connectivity index (χ1v) is 16.2. The summed E-state index contributed by atoms with van der Waals surface area (Å²) in [7, 11) is 0. The SMILES string of the molecule is C=C(C)[C@@H]1CC[C@]2(C(=O)O)CC[C@]3(C)[C@H](CC[C@@H]4[C@@]5(C)CC=C(c6ccc(C(=O)O)cc6F)C(C)(C)[C@@H]5CC[C@]43C)[C@@H]12. The standard InChI is InChI=1S/C37H49FO4/c1-21(2)23-12-17-37(32(41)42)19-18-35(6)26(30(23)37)10-11-29-34(5)15-13-25(24-9-8-22(31(39)40)20-27(24)38)33(3,4)28(34)14-16-36(29,35)7/h8-9,13,20,23,26,28-30H,1,10-12,14-19H2,2-7H3,(H,39,40)(H,41,42)/t23-,26+,28-,29+,30+,34-,35+,36+,37-/m0/s1. The van der Waals surface area contributed by atoms with Gasteiger partial charge in [0.05, 0.1) is 11.0 Å². The van der Waals surface area contributed by atoms with Crippen LogP contribution in [0.5, 0.6) is 0 Å². The lowest BCUT2D eigenvalue weighted by atomic mass is 9.32. The fourth-order valence-corrected chi connectivity index (χ4v) is 12.4. The van der Waals surface area contributed by atoms with Gasteiger partial charge >= 0.3 is 11.9 Å². The lowest BCUT2D eigenvalue weighted by molar-refractivity contribution is -0.227. The minimum absolute atomic E-state index is 0.0238. The van der Waals surface area contributed by atoms with Gasteiger partial charge in [0, 0.05) is 5.56 Å². The summed E-state index contributed by atoms with van der Waals surface area (Å²) in [4.78, 5) is 24.3. The Balaban J connectivity index is 1.38. The molecule has 0 aromatic heterocycles. The summed E-state index contributed by atoms with van der Waals surface area (Å²) in [6.07, 6.45) is 11.0. The Morgan fingerprint density at radius 1 is 0.905 bits per heavy atom. The molecule has 0 radical (unpaired) electrons. The molecule has 1 aromatic rings. The zero-order valence-corrected chi connectivity index (χ0v) is 26.4. The fourth-order valence-electron chi connectivity index (χ4n) is 12.4. The van der Waals surface area contributed by atoms with E-state index in [9.17, 15) is 19.8 Å². The minimum atomic E-state index is -1.11. The number of fused-ring (bicyclic) bond motifs is 7. The number of aliphatic carboxylic acids is 1. The largest absolute Gasteiger partial charge is 0.481 e. The average molecular weight is 577 g/mol. The molecule has 0 amide bonds. The summed E-state index contributed by atoms with van der Waals surface area (Å²) in [6, 6.07) is 4.33. The number of hydrogen-bond donors (Lipinski definition) is 2. The summed E-state index contributed by atoms with van der Waals surface area (Å²) in [5.74, 6) is -0.439. The van der Waals surface area contributed by atoms with E-state index in [-0.39, 0.29) is 33.1 Å². The van der Waals surface area contributed by atoms with Crippen LogP contribution < -0.4 is 0 Å². The topological polar surface area (TPSA) is 74.6 Å². The molecule has 9 atom stereocenters. The van der Waals surface area contributed by atoms with Crippen LogP contribution in [0.4, 0.5) is 4.39 Å². The Hall–Kier alpha value is -2.43. The Kier molecular flexibility index (Phi) is 6.55. The van der Waals surface area contributed by atoms with Crippen molar-refractivity contribution >= 4 is 17.5 Å². The fraction of sp³-hybridized carbons (Fsp3) is 0.676. The van der Waals surface area contributed by atoms with Crippen molar-refractivity contribution in [1.29, 1.82) is 0 Å². The quantitative estimate of drug-likeness (QED) is 0.350. The number of carboxylic acid groups (broad SMARTS) is 2. The van der Waals surface area contributed by atoms with Crippen molar-refractivity contribution in [3.63, 3.8) is 0 Å². The van der Waals surface area contributed by atoms with E-state index in [0.717, 1.165) is 75.0 Å². The molecule has 2 N–H and O–H groups in total. The summed E-state index contributed by atoms with van der Waals surface area (Å²) in [5, 5.41) is 20.0. The first-order chi connectivity index (χ1) is 19.5. The number of carbonyl (C=O) groups is 2. The highest BCUT2D eigenvalue weighted by Gasteiger charge is 2.71. The Bertz CT molecular complexity index is 1390. The molecule has 4 fully saturated rings. The molecule has 5 heteroatoms. The first kappa shape index (κ1) is 29.6. The molecule has 0 saturated heterocycles. The van der Waals surface area contributed by atoms with Crippen molar-refractivity contribution in [2.24, 2.45) is 56.7 Å². The summed E-state index contributed by atoms with van der Waals surface area (Å²) in [5.41, 5.74) is 2.01. The van der Waals surface area contributed by atoms with Gasteiger partial charge in [-0.1, -0.05) is 58.9 Å². The zero-order chi connectivity index (χ0) is 30.6. The third-order valence-electron chi connectivity index (χ3n) is 14.6. The van der Waals surface area contributed by atoms with E-state index in [0.29, 0.717) is 29.2 Å². The van der Waals surface area contributed by atoms with Crippen LogP contribution in [0.1, 0.15) is 115 Å². The van der Waals surface area contributed by atoms with Crippen LogP contribution in [-0.2, 0) is 4.79 Å². The highest BCUT2D eigenvalue weighted by atomic mass is 19.1. The van der Waals surface area contributed by atoms with E-state index in [1.807, 2.05) is 0 Å². The lowest BCUT2D eigenvalue weighted by Crippen LogP contribution is -2.65. The molecule has 5 aliphatic carbocycles. The highest BCUT2D eigenvalue weighted by molar-refractivity contribution is 5.88. The number of hydrogen-bond acceptors (Lipinski definition) is 2. The van der Waals surface area contributed by atoms with Gasteiger partial charge in [-0.25, -0.2) is 9.18 Å². The van der Waals surface area contributed by atoms with Gasteiger partial charge in [-0.2, -0.15) is 0 Å². The maximum Gasteiger partial charge on any atom is 0.335 e. The number of rotatable bonds is 4. The molecule has 6 rings (SSSR count). The van der Waals surface area contributed by atoms with Crippen molar-refractivity contribution in [3.05, 3.63) is 53.4 Å². The molecule has 0 unspecified atom stereocenters. The molecule has 1 aromatic carbocycles. The van der Waals surface area contributed by atoms with Crippen molar-refractivity contribution in [2.75, 3.05) is 0 Å². The van der Waals surface area contributed by atoms with E-state index in [1.54, 1.807) is 6.07 Å². The number of aromatic carboxylic acids is 1. The molecule has 4 saturated carbocycles. The van der Waals surface area contributed by atoms with E-state index < -0.39 is 23.2 Å². The predicted octanol–water partition coefficient (Wildman–Crippen LogP) is 9.26. The van der Waals surface area contributed by atoms with Crippen molar-refractivity contribution in [1.82, 2.24) is 0 Å². The van der Waals surface area contributed by atoms with Crippen LogP contribution in [-0.4, -0.2) is 22.2 Å². The molecule has 5 aliphatic rings. The van der Waals surface area contributed by atoms with Gasteiger partial charge < -0.3 is 10.2 Å². The molecule has 0 heterocycles. The molecule has 0 bridgehead atoms. The Morgan fingerprint density at radius 3 is 2.24 bits per heavy atom. The molecule has 0 aliphatic heterocycles. The molecule has 0 spiro atoms. The van der Waals surface area contributed by atoms with Crippen LogP contribution in [0.25, 0.3) is 5.57 Å². The number of carboxylic acids is 2. The predicted molar refractivity (Wildman–Crippen MR) is 163 cm³/mol. The van der Waals surface area contributed by atoms with Crippen LogP contribution in [0.3, 0.4) is 0 Å². The zero-order valence-electron chi connectivity index (χ0n) is 26.4. The smallest absolute Gasteiger partial charge is 0.335 e. The van der Waals surface area contributed by atoms with Gasteiger partial charge in [-0.3, -0.25) is 4.79 Å². The molecule has 42 heavy (non-hydrogen) atoms. The van der Waals surface area contributed by atoms with Crippen LogP contribution in [0.2, 0.25) is 0 Å². The minimum Gasteiger partial charge on any atom is -0.481 e. The first-order valence-electron chi connectivity index (χ1n) is 16.2. The average Bonchev–Trinajstić information content (AvgIpc) is 3.31. The van der Waals surface area contributed by atoms with Crippen molar-refractivity contribution in [2.45, 2.75) is 99.3 Å². The summed E-state index contributed by atoms with van der Waals surface area (Å²) in [6.45, 7) is 18.5. The Morgan fingerprint density at radius 2 is 1.62 bits per heavy atom. The lowest BCUT2D eigenvalue weighted by Gasteiger charge is -2.72. The number of halogens is 1. The van der Waals surface area contributed by atoms with Crippen molar-refractivity contribution in [3.8, 4) is 0 Å². The van der Waals surface area contributed by atoms with E-state index in [1.165, 1.54) is 6.07 Å². The van der Waals surface area contributed by atoms with Crippen LogP contribution in [0.15, 0.2) is 36.4 Å². The molecule has 4 nitrogen and oxygen atoms in total. The number of benzene rings is 1. The van der Waals surface area contributed by atoms with E-state index in [2.05, 4.69) is 54.2 Å². The molecular formula is C37H49FO4. The number of allylic oxidation sites excluding steroid dienone is 3. The maximum absolute atomic E-state index is 15.4. The van der Waals surface area contributed by atoms with Crippen molar-refractivity contribution < 1.29 is 24.2 Å². The second-order valence-electron chi connectivity index (χ2n) is 16.2. The highest BCUT2D eigenvalue weighted by Crippen LogP contribution is 2.77. The third-order valence-corrected chi connectivity index (χ3v) is 14.6. The second-order valence-corrected chi connectivity index (χ2v) is 16.2. The molecule has 228 valence electrons. The van der Waals surface area contributed by atoms with E-state index >= 15 is 4.39 Å². The third kappa shape index (κ3) is 3.63. The maximum atomic E-state index is 15.4. The van der Waals surface area contributed by atoms with Gasteiger partial charge in [-0.05, 0) is 134 Å². The van der Waals surface area contributed by atoms with Crippen LogP contribution in [0, 0.1) is 62.5 Å². The second kappa shape index (κ2) is 9.29. The van der Waals surface area contributed by atoms with Crippen LogP contribution >= 0.6 is 0 Å². The molecular weight excluding hydrogens is 527 g/mol. The van der Waals surface area contributed by atoms with Gasteiger partial charge in [0.25, 0.3) is 0 Å². The van der Waals surface area contributed by atoms with Gasteiger partial charge in [0.1, 0.15) is 5.82 Å². The normalized spacial score (nSPS) is 43.7. The Labute approximate surface area is 250 Å². The van der Waals surface area contributed by atoms with Gasteiger partial charge in [0.2, 0.25) is 0 Å². The summed E-state index contributed by atoms with van der Waals surface area (Å²) >= 11 is 0. The van der Waals surface area contributed by atoms with E-state index in [4.69, 9.17) is 0 Å².